The Morgan fingerprint density at radius 2 is 1.85 bits per heavy atom. The van der Waals surface area contributed by atoms with Crippen LogP contribution in [0.2, 0.25) is 0 Å². The van der Waals surface area contributed by atoms with E-state index in [1.807, 2.05) is 11.0 Å². The van der Waals surface area contributed by atoms with Gasteiger partial charge in [-0.15, -0.1) is 11.3 Å². The van der Waals surface area contributed by atoms with Gasteiger partial charge in [0.1, 0.15) is 5.69 Å². The van der Waals surface area contributed by atoms with E-state index in [0.717, 1.165) is 12.8 Å². The van der Waals surface area contributed by atoms with E-state index in [1.54, 1.807) is 22.6 Å². The van der Waals surface area contributed by atoms with Crippen LogP contribution in [0.4, 0.5) is 4.79 Å². The Labute approximate surface area is 162 Å². The van der Waals surface area contributed by atoms with Gasteiger partial charge < -0.3 is 19.5 Å². The maximum absolute atomic E-state index is 12.7. The molecular weight excluding hydrogens is 364 g/mol. The Morgan fingerprint density at radius 3 is 2.56 bits per heavy atom. The molecule has 1 N–H and O–H groups in total. The lowest BCUT2D eigenvalue weighted by atomic mass is 9.96. The zero-order valence-corrected chi connectivity index (χ0v) is 16.0. The van der Waals surface area contributed by atoms with Crippen molar-refractivity contribution in [3.63, 3.8) is 0 Å². The summed E-state index contributed by atoms with van der Waals surface area (Å²) in [6.07, 6.45) is 7.40. The van der Waals surface area contributed by atoms with Crippen molar-refractivity contribution in [1.29, 1.82) is 0 Å². The predicted octanol–water partition coefficient (Wildman–Crippen LogP) is 3.20. The summed E-state index contributed by atoms with van der Waals surface area (Å²) in [5.41, 5.74) is 0.437. The summed E-state index contributed by atoms with van der Waals surface area (Å²) in [6, 6.07) is 3.94. The monoisotopic (exact) mass is 388 g/mol. The lowest BCUT2D eigenvalue weighted by Crippen LogP contribution is -2.54. The summed E-state index contributed by atoms with van der Waals surface area (Å²) < 4.78 is 5.33. The number of urea groups is 1. The number of nitrogens with one attached hydrogen (secondary N) is 1. The molecule has 2 aliphatic rings. The summed E-state index contributed by atoms with van der Waals surface area (Å²) in [6.45, 7) is 2.17. The number of amides is 3. The second kappa shape index (κ2) is 8.12. The van der Waals surface area contributed by atoms with Gasteiger partial charge in [0.15, 0.2) is 10.8 Å². The van der Waals surface area contributed by atoms with Crippen molar-refractivity contribution < 1.29 is 14.0 Å². The van der Waals surface area contributed by atoms with Gasteiger partial charge >= 0.3 is 6.03 Å². The van der Waals surface area contributed by atoms with Gasteiger partial charge in [0, 0.05) is 37.6 Å². The molecule has 1 aliphatic heterocycles. The molecule has 3 heterocycles. The second-order valence-electron chi connectivity index (χ2n) is 7.08. The Morgan fingerprint density at radius 1 is 1.11 bits per heavy atom. The number of hydrogen-bond donors (Lipinski definition) is 1. The summed E-state index contributed by atoms with van der Waals surface area (Å²) in [7, 11) is 0. The lowest BCUT2D eigenvalue weighted by molar-refractivity contribution is 0.0657. The van der Waals surface area contributed by atoms with Crippen LogP contribution in [0.15, 0.2) is 28.2 Å². The van der Waals surface area contributed by atoms with Gasteiger partial charge in [-0.1, -0.05) is 19.3 Å². The number of piperazine rings is 1. The minimum Gasteiger partial charge on any atom is -0.462 e. The highest BCUT2D eigenvalue weighted by atomic mass is 32.1. The Kier molecular flexibility index (Phi) is 5.42. The first-order valence-corrected chi connectivity index (χ1v) is 10.4. The summed E-state index contributed by atoms with van der Waals surface area (Å²) in [5.74, 6) is 0.583. The van der Waals surface area contributed by atoms with E-state index in [1.165, 1.54) is 30.6 Å². The van der Waals surface area contributed by atoms with Gasteiger partial charge in [-0.3, -0.25) is 4.79 Å². The first-order chi connectivity index (χ1) is 13.2. The fraction of sp³-hybridized carbons (Fsp3) is 0.526. The number of hydrogen-bond acceptors (Lipinski definition) is 5. The Bertz CT molecular complexity index is 775. The third-order valence-corrected chi connectivity index (χ3v) is 6.10. The molecule has 4 rings (SSSR count). The first kappa shape index (κ1) is 18.0. The van der Waals surface area contributed by atoms with E-state index >= 15 is 0 Å². The molecule has 0 atom stereocenters. The van der Waals surface area contributed by atoms with Crippen molar-refractivity contribution in [2.45, 2.75) is 38.1 Å². The van der Waals surface area contributed by atoms with Crippen molar-refractivity contribution in [1.82, 2.24) is 20.1 Å². The van der Waals surface area contributed by atoms with Crippen LogP contribution in [0, 0.1) is 0 Å². The largest absolute Gasteiger partial charge is 0.462 e. The topological polar surface area (TPSA) is 78.7 Å². The number of aromatic nitrogens is 1. The van der Waals surface area contributed by atoms with E-state index in [2.05, 4.69) is 10.3 Å². The molecule has 8 heteroatoms. The Hall–Kier alpha value is -2.35. The number of furan rings is 1. The van der Waals surface area contributed by atoms with E-state index < -0.39 is 0 Å². The fourth-order valence-corrected chi connectivity index (χ4v) is 4.43. The quantitative estimate of drug-likeness (QED) is 0.876. The van der Waals surface area contributed by atoms with Gasteiger partial charge in [0.05, 0.1) is 6.26 Å². The fourth-order valence-electron chi connectivity index (χ4n) is 3.67. The number of thiazole rings is 1. The van der Waals surface area contributed by atoms with Gasteiger partial charge in [-0.05, 0) is 25.0 Å². The molecule has 0 unspecified atom stereocenters. The minimum atomic E-state index is -0.0867. The number of carbonyl (C=O) groups excluding carboxylic acids is 2. The van der Waals surface area contributed by atoms with E-state index in [4.69, 9.17) is 4.42 Å². The molecule has 0 bridgehead atoms. The van der Waals surface area contributed by atoms with Crippen LogP contribution < -0.4 is 5.32 Å². The smallest absolute Gasteiger partial charge is 0.317 e. The molecule has 3 amide bonds. The predicted molar refractivity (Wildman–Crippen MR) is 103 cm³/mol. The highest BCUT2D eigenvalue weighted by Gasteiger charge is 2.27. The van der Waals surface area contributed by atoms with Gasteiger partial charge in [0.2, 0.25) is 0 Å². The van der Waals surface area contributed by atoms with Gasteiger partial charge in [-0.2, -0.15) is 0 Å². The van der Waals surface area contributed by atoms with Crippen LogP contribution in [-0.2, 0) is 0 Å². The molecule has 144 valence electrons. The molecule has 1 aliphatic carbocycles. The molecule has 2 aromatic rings. The van der Waals surface area contributed by atoms with Crippen molar-refractivity contribution >= 4 is 23.3 Å². The average Bonchev–Trinajstić information content (AvgIpc) is 3.40. The molecule has 27 heavy (non-hydrogen) atoms. The van der Waals surface area contributed by atoms with Crippen molar-refractivity contribution in [3.8, 4) is 10.8 Å². The number of carbonyl (C=O) groups is 2. The zero-order chi connectivity index (χ0) is 18.6. The summed E-state index contributed by atoms with van der Waals surface area (Å²) in [5, 5.41) is 5.61. The maximum Gasteiger partial charge on any atom is 0.317 e. The molecule has 1 saturated carbocycles. The average molecular weight is 388 g/mol. The molecule has 0 spiro atoms. The molecule has 0 aromatic carbocycles. The van der Waals surface area contributed by atoms with Crippen LogP contribution in [0.1, 0.15) is 42.6 Å². The highest BCUT2D eigenvalue weighted by Crippen LogP contribution is 2.24. The summed E-state index contributed by atoms with van der Waals surface area (Å²) >= 11 is 1.40. The highest BCUT2D eigenvalue weighted by molar-refractivity contribution is 7.13. The second-order valence-corrected chi connectivity index (χ2v) is 7.94. The molecule has 2 aromatic heterocycles. The molecule has 2 fully saturated rings. The van der Waals surface area contributed by atoms with Crippen LogP contribution in [-0.4, -0.2) is 58.9 Å². The normalized spacial score (nSPS) is 18.5. The minimum absolute atomic E-state index is 0.00256. The van der Waals surface area contributed by atoms with Gasteiger partial charge in [-0.25, -0.2) is 9.78 Å². The van der Waals surface area contributed by atoms with Gasteiger partial charge in [0.25, 0.3) is 5.91 Å². The standard InChI is InChI=1S/C19H24N4O3S/c24-18(15-13-27-17(21-15)16-7-4-12-26-16)22-8-10-23(11-9-22)19(25)20-14-5-2-1-3-6-14/h4,7,12-14H,1-3,5-6,8-11H2,(H,20,25). The number of nitrogens with zero attached hydrogens (tertiary/aromatic N) is 3. The van der Waals surface area contributed by atoms with Crippen LogP contribution in [0.25, 0.3) is 10.8 Å². The van der Waals surface area contributed by atoms with Crippen molar-refractivity contribution in [2.75, 3.05) is 26.2 Å². The number of rotatable bonds is 3. The zero-order valence-electron chi connectivity index (χ0n) is 15.2. The van der Waals surface area contributed by atoms with Crippen molar-refractivity contribution in [3.05, 3.63) is 29.5 Å². The van der Waals surface area contributed by atoms with E-state index in [-0.39, 0.29) is 11.9 Å². The molecule has 1 saturated heterocycles. The molecule has 7 nitrogen and oxygen atoms in total. The maximum atomic E-state index is 12.7. The van der Waals surface area contributed by atoms with Crippen LogP contribution >= 0.6 is 11.3 Å². The molecule has 0 radical (unpaired) electrons. The third-order valence-electron chi connectivity index (χ3n) is 5.24. The first-order valence-electron chi connectivity index (χ1n) is 9.55. The van der Waals surface area contributed by atoms with E-state index in [0.29, 0.717) is 48.7 Å². The van der Waals surface area contributed by atoms with Crippen LogP contribution in [0.5, 0.6) is 0 Å². The molecular formula is C19H24N4O3S. The third kappa shape index (κ3) is 4.16. The lowest BCUT2D eigenvalue weighted by Gasteiger charge is -2.35. The van der Waals surface area contributed by atoms with Crippen LogP contribution in [0.3, 0.4) is 0 Å². The Balaban J connectivity index is 1.29. The summed E-state index contributed by atoms with van der Waals surface area (Å²) in [4.78, 5) is 33.1. The van der Waals surface area contributed by atoms with Crippen molar-refractivity contribution in [2.24, 2.45) is 0 Å². The van der Waals surface area contributed by atoms with E-state index in [9.17, 15) is 9.59 Å². The SMILES string of the molecule is O=C(NC1CCCCC1)N1CCN(C(=O)c2csc(-c3ccco3)n2)CC1.